The second-order valence-electron chi connectivity index (χ2n) is 6.74. The number of likely N-dealkylation sites (tertiary alicyclic amines) is 1. The molecule has 1 aliphatic heterocycles. The third-order valence-corrected chi connectivity index (χ3v) is 5.10. The lowest BCUT2D eigenvalue weighted by Gasteiger charge is -2.29. The van der Waals surface area contributed by atoms with Gasteiger partial charge in [0.2, 0.25) is 0 Å². The standard InChI is InChI=1S/C16H25ClN2O2S/c1-11(13-7-8-14(17)22-13)18-10-12-6-5-9-19(12)15(20)21-16(2,3)4/h7-8,11-12,18H,5-6,9-10H2,1-4H3. The molecule has 2 rings (SSSR count). The summed E-state index contributed by atoms with van der Waals surface area (Å²) < 4.78 is 6.30. The Kier molecular flexibility index (Phi) is 5.75. The summed E-state index contributed by atoms with van der Waals surface area (Å²) in [5, 5.41) is 3.50. The molecule has 1 aliphatic rings. The number of rotatable bonds is 4. The van der Waals surface area contributed by atoms with Gasteiger partial charge >= 0.3 is 6.09 Å². The molecule has 1 saturated heterocycles. The van der Waals surface area contributed by atoms with Crippen LogP contribution in [0.3, 0.4) is 0 Å². The predicted molar refractivity (Wildman–Crippen MR) is 91.7 cm³/mol. The van der Waals surface area contributed by atoms with E-state index in [1.54, 1.807) is 11.3 Å². The van der Waals surface area contributed by atoms with Gasteiger partial charge in [-0.25, -0.2) is 4.79 Å². The van der Waals surface area contributed by atoms with Crippen LogP contribution in [-0.2, 0) is 4.74 Å². The fourth-order valence-electron chi connectivity index (χ4n) is 2.58. The van der Waals surface area contributed by atoms with Crippen molar-refractivity contribution >= 4 is 29.0 Å². The Balaban J connectivity index is 1.87. The Bertz CT molecular complexity index is 512. The summed E-state index contributed by atoms with van der Waals surface area (Å²) >= 11 is 7.57. The van der Waals surface area contributed by atoms with E-state index in [4.69, 9.17) is 16.3 Å². The number of nitrogens with one attached hydrogen (secondary N) is 1. The lowest BCUT2D eigenvalue weighted by atomic mass is 10.2. The van der Waals surface area contributed by atoms with Gasteiger partial charge in [0.25, 0.3) is 0 Å². The minimum atomic E-state index is -0.446. The molecule has 0 spiro atoms. The highest BCUT2D eigenvalue weighted by molar-refractivity contribution is 7.16. The molecule has 1 aromatic heterocycles. The summed E-state index contributed by atoms with van der Waals surface area (Å²) in [6, 6.07) is 4.40. The molecule has 0 saturated carbocycles. The van der Waals surface area contributed by atoms with Crippen LogP contribution in [0, 0.1) is 0 Å². The molecule has 1 aromatic rings. The van der Waals surface area contributed by atoms with E-state index in [0.29, 0.717) is 0 Å². The first-order chi connectivity index (χ1) is 10.3. The van der Waals surface area contributed by atoms with Crippen molar-refractivity contribution in [2.45, 2.75) is 58.2 Å². The minimum absolute atomic E-state index is 0.202. The van der Waals surface area contributed by atoms with Crippen LogP contribution in [0.5, 0.6) is 0 Å². The highest BCUT2D eigenvalue weighted by atomic mass is 35.5. The Morgan fingerprint density at radius 2 is 2.27 bits per heavy atom. The normalized spacial score (nSPS) is 20.2. The molecule has 2 unspecified atom stereocenters. The van der Waals surface area contributed by atoms with E-state index in [2.05, 4.69) is 12.2 Å². The van der Waals surface area contributed by atoms with E-state index in [9.17, 15) is 4.79 Å². The van der Waals surface area contributed by atoms with Gasteiger partial charge in [0, 0.05) is 30.1 Å². The van der Waals surface area contributed by atoms with Gasteiger partial charge in [-0.05, 0) is 52.7 Å². The third-order valence-electron chi connectivity index (χ3n) is 3.69. The Labute approximate surface area is 141 Å². The SMILES string of the molecule is CC(NCC1CCCN1C(=O)OC(C)(C)C)c1ccc(Cl)s1. The van der Waals surface area contributed by atoms with Crippen molar-refractivity contribution in [1.82, 2.24) is 10.2 Å². The lowest BCUT2D eigenvalue weighted by molar-refractivity contribution is 0.0225. The quantitative estimate of drug-likeness (QED) is 0.877. The second-order valence-corrected chi connectivity index (χ2v) is 8.49. The maximum Gasteiger partial charge on any atom is 0.410 e. The van der Waals surface area contributed by atoms with Crippen LogP contribution in [0.1, 0.15) is 51.5 Å². The van der Waals surface area contributed by atoms with Crippen LogP contribution in [0.25, 0.3) is 0 Å². The number of nitrogens with zero attached hydrogens (tertiary/aromatic N) is 1. The highest BCUT2D eigenvalue weighted by Gasteiger charge is 2.32. The number of amides is 1. The molecule has 0 bridgehead atoms. The average molecular weight is 345 g/mol. The fraction of sp³-hybridized carbons (Fsp3) is 0.688. The molecule has 1 N–H and O–H groups in total. The smallest absolute Gasteiger partial charge is 0.410 e. The number of thiophene rings is 1. The van der Waals surface area contributed by atoms with Gasteiger partial charge in [0.1, 0.15) is 5.60 Å². The van der Waals surface area contributed by atoms with E-state index in [1.807, 2.05) is 37.8 Å². The van der Waals surface area contributed by atoms with Crippen molar-refractivity contribution in [3.05, 3.63) is 21.3 Å². The van der Waals surface area contributed by atoms with Crippen LogP contribution in [0.15, 0.2) is 12.1 Å². The molecule has 6 heteroatoms. The average Bonchev–Trinajstić information content (AvgIpc) is 3.02. The zero-order valence-electron chi connectivity index (χ0n) is 13.7. The lowest BCUT2D eigenvalue weighted by Crippen LogP contribution is -2.44. The zero-order valence-corrected chi connectivity index (χ0v) is 15.3. The van der Waals surface area contributed by atoms with Crippen LogP contribution >= 0.6 is 22.9 Å². The van der Waals surface area contributed by atoms with E-state index < -0.39 is 5.60 Å². The molecule has 0 radical (unpaired) electrons. The molecule has 22 heavy (non-hydrogen) atoms. The molecular formula is C16H25ClN2O2S. The molecule has 124 valence electrons. The van der Waals surface area contributed by atoms with E-state index in [0.717, 1.165) is 30.3 Å². The third kappa shape index (κ3) is 4.86. The first kappa shape index (κ1) is 17.6. The number of carbonyl (C=O) groups is 1. The van der Waals surface area contributed by atoms with Crippen LogP contribution in [0.4, 0.5) is 4.79 Å². The molecule has 1 amide bonds. The molecule has 0 aromatic carbocycles. The van der Waals surface area contributed by atoms with Crippen molar-refractivity contribution in [2.24, 2.45) is 0 Å². The summed E-state index contributed by atoms with van der Waals surface area (Å²) in [6.07, 6.45) is 1.85. The van der Waals surface area contributed by atoms with E-state index in [1.165, 1.54) is 4.88 Å². The van der Waals surface area contributed by atoms with E-state index in [-0.39, 0.29) is 18.2 Å². The van der Waals surface area contributed by atoms with Gasteiger partial charge in [-0.2, -0.15) is 0 Å². The Morgan fingerprint density at radius 1 is 1.55 bits per heavy atom. The number of hydrogen-bond acceptors (Lipinski definition) is 4. The van der Waals surface area contributed by atoms with Crippen molar-refractivity contribution in [3.63, 3.8) is 0 Å². The van der Waals surface area contributed by atoms with Crippen molar-refractivity contribution < 1.29 is 9.53 Å². The summed E-state index contributed by atoms with van der Waals surface area (Å²) in [5.41, 5.74) is -0.446. The second kappa shape index (κ2) is 7.20. The molecule has 4 nitrogen and oxygen atoms in total. The summed E-state index contributed by atoms with van der Waals surface area (Å²) in [4.78, 5) is 15.3. The largest absolute Gasteiger partial charge is 0.444 e. The molecular weight excluding hydrogens is 320 g/mol. The Hall–Kier alpha value is -0.780. The monoisotopic (exact) mass is 344 g/mol. The first-order valence-electron chi connectivity index (χ1n) is 7.74. The molecule has 1 fully saturated rings. The predicted octanol–water partition coefficient (Wildman–Crippen LogP) is 4.45. The molecule has 2 heterocycles. The first-order valence-corrected chi connectivity index (χ1v) is 8.94. The van der Waals surface area contributed by atoms with Crippen molar-refractivity contribution in [2.75, 3.05) is 13.1 Å². The summed E-state index contributed by atoms with van der Waals surface area (Å²) in [5.74, 6) is 0. The van der Waals surface area contributed by atoms with Gasteiger partial charge in [0.15, 0.2) is 0 Å². The maximum atomic E-state index is 12.2. The fourth-order valence-corrected chi connectivity index (χ4v) is 3.67. The maximum absolute atomic E-state index is 12.2. The van der Waals surface area contributed by atoms with Crippen LogP contribution < -0.4 is 5.32 Å². The topological polar surface area (TPSA) is 41.6 Å². The van der Waals surface area contributed by atoms with Gasteiger partial charge in [-0.15, -0.1) is 11.3 Å². The Morgan fingerprint density at radius 3 is 2.86 bits per heavy atom. The van der Waals surface area contributed by atoms with Gasteiger partial charge in [-0.3, -0.25) is 0 Å². The summed E-state index contributed by atoms with van der Waals surface area (Å²) in [6.45, 7) is 9.37. The number of carbonyl (C=O) groups excluding carboxylic acids is 1. The minimum Gasteiger partial charge on any atom is -0.444 e. The summed E-state index contributed by atoms with van der Waals surface area (Å²) in [7, 11) is 0. The van der Waals surface area contributed by atoms with Crippen molar-refractivity contribution in [1.29, 1.82) is 0 Å². The highest BCUT2D eigenvalue weighted by Crippen LogP contribution is 2.27. The molecule has 2 atom stereocenters. The van der Waals surface area contributed by atoms with E-state index >= 15 is 0 Å². The van der Waals surface area contributed by atoms with Crippen LogP contribution in [-0.4, -0.2) is 35.7 Å². The number of halogens is 1. The van der Waals surface area contributed by atoms with Crippen molar-refractivity contribution in [3.8, 4) is 0 Å². The van der Waals surface area contributed by atoms with Gasteiger partial charge in [0.05, 0.1) is 4.34 Å². The van der Waals surface area contributed by atoms with Gasteiger partial charge < -0.3 is 15.0 Å². The number of ether oxygens (including phenoxy) is 1. The zero-order chi connectivity index (χ0) is 16.3. The number of hydrogen-bond donors (Lipinski definition) is 1. The molecule has 0 aliphatic carbocycles. The van der Waals surface area contributed by atoms with Gasteiger partial charge in [-0.1, -0.05) is 11.6 Å². The van der Waals surface area contributed by atoms with Crippen LogP contribution in [0.2, 0.25) is 4.34 Å².